The normalized spacial score (nSPS) is 16.7. The van der Waals surface area contributed by atoms with Crippen molar-refractivity contribution < 1.29 is 31.1 Å². The van der Waals surface area contributed by atoms with Crippen molar-refractivity contribution in [3.8, 4) is 0 Å². The van der Waals surface area contributed by atoms with Gasteiger partial charge in [0.2, 0.25) is 5.01 Å². The maximum absolute atomic E-state index is 13.0. The fourth-order valence-electron chi connectivity index (χ4n) is 3.32. The molecule has 10 nitrogen and oxygen atoms in total. The highest BCUT2D eigenvalue weighted by molar-refractivity contribution is 7.93. The van der Waals surface area contributed by atoms with E-state index in [1.807, 2.05) is 18.7 Å². The molecule has 1 aliphatic rings. The van der Waals surface area contributed by atoms with E-state index in [4.69, 9.17) is 4.74 Å². The Morgan fingerprint density at radius 2 is 2.03 bits per heavy atom. The summed E-state index contributed by atoms with van der Waals surface area (Å²) in [6.07, 6.45) is 1.44. The second kappa shape index (κ2) is 9.59. The van der Waals surface area contributed by atoms with Crippen molar-refractivity contribution in [1.29, 1.82) is 0 Å². The lowest BCUT2D eigenvalue weighted by Gasteiger charge is -2.36. The molecule has 1 unspecified atom stereocenters. The number of hydrogen-bond donors (Lipinski definition) is 1. The highest BCUT2D eigenvalue weighted by Crippen LogP contribution is 2.40. The molecule has 1 aromatic carbocycles. The molecule has 0 bridgehead atoms. The molecule has 0 fully saturated rings. The van der Waals surface area contributed by atoms with Crippen LogP contribution in [0.4, 0.5) is 35.4 Å². The molecule has 0 amide bonds. The Bertz CT molecular complexity index is 1170. The first-order chi connectivity index (χ1) is 15.5. The van der Waals surface area contributed by atoms with Crippen LogP contribution in [0, 0.1) is 0 Å². The van der Waals surface area contributed by atoms with E-state index in [-0.39, 0.29) is 34.2 Å². The number of aryl methyl sites for hydroxylation is 1. The molecular formula is C18H21F3N6O4S2. The Hall–Kier alpha value is -2.81. The number of rotatable bonds is 7. The number of halogens is 3. The van der Waals surface area contributed by atoms with Crippen LogP contribution in [0.25, 0.3) is 0 Å². The minimum atomic E-state index is -5.69. The van der Waals surface area contributed by atoms with Gasteiger partial charge >= 0.3 is 21.5 Å². The lowest BCUT2D eigenvalue weighted by molar-refractivity contribution is -0.0429. The molecule has 1 aromatic heterocycles. The number of nitrogens with zero attached hydrogens (tertiary/aromatic N) is 5. The van der Waals surface area contributed by atoms with Crippen LogP contribution < -0.4 is 9.62 Å². The molecule has 1 N–H and O–H groups in total. The molecule has 33 heavy (non-hydrogen) atoms. The van der Waals surface area contributed by atoms with Crippen molar-refractivity contribution in [2.45, 2.75) is 45.2 Å². The van der Waals surface area contributed by atoms with Crippen LogP contribution in [-0.2, 0) is 21.2 Å². The second-order valence-electron chi connectivity index (χ2n) is 7.03. The summed E-state index contributed by atoms with van der Waals surface area (Å²) in [5, 5.41) is 14.9. The van der Waals surface area contributed by atoms with E-state index in [9.17, 15) is 26.4 Å². The molecule has 0 aliphatic carbocycles. The van der Waals surface area contributed by atoms with Gasteiger partial charge in [0.25, 0.3) is 5.13 Å². The maximum atomic E-state index is 13.0. The molecule has 2 aromatic rings. The van der Waals surface area contributed by atoms with E-state index in [1.165, 1.54) is 12.1 Å². The van der Waals surface area contributed by atoms with Gasteiger partial charge in [-0.05, 0) is 51.3 Å². The summed E-state index contributed by atoms with van der Waals surface area (Å²) in [7, 11) is -5.69. The quantitative estimate of drug-likeness (QED) is 0.431. The number of ether oxygens (including phenoxy) is 1. The highest BCUT2D eigenvalue weighted by atomic mass is 32.2. The molecule has 0 spiro atoms. The maximum Gasteiger partial charge on any atom is 0.516 e. The van der Waals surface area contributed by atoms with Gasteiger partial charge in [0.15, 0.2) is 0 Å². The number of fused-ring (bicyclic) bond motifs is 1. The smallest absolute Gasteiger partial charge is 0.461 e. The highest BCUT2D eigenvalue weighted by Gasteiger charge is 2.46. The van der Waals surface area contributed by atoms with Gasteiger partial charge in [-0.15, -0.1) is 20.4 Å². The molecule has 1 aliphatic heterocycles. The van der Waals surface area contributed by atoms with Gasteiger partial charge in [0, 0.05) is 18.3 Å². The number of esters is 1. The summed E-state index contributed by atoms with van der Waals surface area (Å²) < 4.78 is 69.0. The summed E-state index contributed by atoms with van der Waals surface area (Å²) in [4.78, 5) is 13.7. The number of benzene rings is 1. The summed E-state index contributed by atoms with van der Waals surface area (Å²) in [5.74, 6) is -0.697. The first-order valence-electron chi connectivity index (χ1n) is 9.91. The molecule has 1 atom stereocenters. The van der Waals surface area contributed by atoms with E-state index < -0.39 is 21.5 Å². The first kappa shape index (κ1) is 24.8. The molecule has 0 saturated carbocycles. The third-order valence-corrected chi connectivity index (χ3v) is 6.75. The Balaban J connectivity index is 2.02. The predicted octanol–water partition coefficient (Wildman–Crippen LogP) is 4.55. The fourth-order valence-corrected chi connectivity index (χ4v) is 4.45. The van der Waals surface area contributed by atoms with Gasteiger partial charge in [0.05, 0.1) is 12.3 Å². The Morgan fingerprint density at radius 3 is 2.67 bits per heavy atom. The minimum absolute atomic E-state index is 0.0517. The van der Waals surface area contributed by atoms with Gasteiger partial charge in [0.1, 0.15) is 5.69 Å². The SMILES string of the molecule is CCOC(=O)c1nnc(N=Nc2cc3c(cc2NS(=O)(=O)C(F)(F)F)N(CC)C(C)CC3)s1. The zero-order chi connectivity index (χ0) is 24.4. The van der Waals surface area contributed by atoms with Gasteiger partial charge in [-0.1, -0.05) is 11.3 Å². The van der Waals surface area contributed by atoms with Crippen molar-refractivity contribution in [3.05, 3.63) is 22.7 Å². The number of anilines is 2. The van der Waals surface area contributed by atoms with Crippen LogP contribution in [0.2, 0.25) is 0 Å². The van der Waals surface area contributed by atoms with Gasteiger partial charge in [-0.3, -0.25) is 4.72 Å². The number of sulfonamides is 1. The fraction of sp³-hybridized carbons (Fsp3) is 0.500. The van der Waals surface area contributed by atoms with Crippen LogP contribution in [0.1, 0.15) is 42.6 Å². The largest absolute Gasteiger partial charge is 0.516 e. The second-order valence-corrected chi connectivity index (χ2v) is 9.66. The Morgan fingerprint density at radius 1 is 1.30 bits per heavy atom. The lowest BCUT2D eigenvalue weighted by Crippen LogP contribution is -2.37. The van der Waals surface area contributed by atoms with Crippen molar-refractivity contribution in [2.75, 3.05) is 22.8 Å². The molecule has 2 heterocycles. The summed E-state index contributed by atoms with van der Waals surface area (Å²) in [6.45, 7) is 6.23. The van der Waals surface area contributed by atoms with E-state index in [0.29, 0.717) is 18.7 Å². The molecule has 180 valence electrons. The predicted molar refractivity (Wildman–Crippen MR) is 116 cm³/mol. The lowest BCUT2D eigenvalue weighted by atomic mass is 9.95. The van der Waals surface area contributed by atoms with Gasteiger partial charge in [-0.25, -0.2) is 4.79 Å². The molecule has 0 saturated heterocycles. The van der Waals surface area contributed by atoms with Crippen LogP contribution in [-0.4, -0.2) is 49.3 Å². The van der Waals surface area contributed by atoms with Gasteiger partial charge in [-0.2, -0.15) is 21.6 Å². The number of carbonyl (C=O) groups is 1. The number of azo groups is 1. The van der Waals surface area contributed by atoms with E-state index >= 15 is 0 Å². The van der Waals surface area contributed by atoms with Crippen molar-refractivity contribution >= 4 is 49.5 Å². The first-order valence-corrected chi connectivity index (χ1v) is 12.2. The molecule has 15 heteroatoms. The Kier molecular flexibility index (Phi) is 7.21. The van der Waals surface area contributed by atoms with E-state index in [0.717, 1.165) is 23.3 Å². The average molecular weight is 507 g/mol. The Labute approximate surface area is 191 Å². The summed E-state index contributed by atoms with van der Waals surface area (Å²) in [5.41, 5.74) is -4.60. The van der Waals surface area contributed by atoms with Crippen LogP contribution in [0.15, 0.2) is 22.4 Å². The number of carbonyl (C=O) groups excluding carboxylic acids is 1. The average Bonchev–Trinajstić information content (AvgIpc) is 3.21. The van der Waals surface area contributed by atoms with E-state index in [2.05, 4.69) is 20.4 Å². The molecule has 0 radical (unpaired) electrons. The monoisotopic (exact) mass is 506 g/mol. The van der Waals surface area contributed by atoms with Crippen molar-refractivity contribution in [3.63, 3.8) is 0 Å². The topological polar surface area (TPSA) is 126 Å². The third kappa shape index (κ3) is 5.40. The summed E-state index contributed by atoms with van der Waals surface area (Å²) in [6, 6.07) is 2.95. The zero-order valence-corrected chi connectivity index (χ0v) is 19.5. The standard InChI is InChI=1S/C18H21F3N6O4S2/c1-4-27-10(3)6-7-11-8-12(13(9-14(11)27)26-33(29,30)18(19,20)21)22-24-17-25-23-15(32-17)16(28)31-5-2/h8-10,26H,4-7H2,1-3H3. The van der Waals surface area contributed by atoms with Crippen molar-refractivity contribution in [1.82, 2.24) is 10.2 Å². The summed E-state index contributed by atoms with van der Waals surface area (Å²) >= 11 is 0.772. The van der Waals surface area contributed by atoms with E-state index in [1.54, 1.807) is 11.6 Å². The number of alkyl halides is 3. The molecule has 3 rings (SSSR count). The number of aromatic nitrogens is 2. The number of hydrogen-bond acceptors (Lipinski definition) is 10. The van der Waals surface area contributed by atoms with Crippen LogP contribution in [0.3, 0.4) is 0 Å². The van der Waals surface area contributed by atoms with Crippen LogP contribution >= 0.6 is 11.3 Å². The molecular weight excluding hydrogens is 485 g/mol. The van der Waals surface area contributed by atoms with Crippen molar-refractivity contribution in [2.24, 2.45) is 10.2 Å². The minimum Gasteiger partial charge on any atom is -0.461 e. The zero-order valence-electron chi connectivity index (χ0n) is 17.9. The van der Waals surface area contributed by atoms with Gasteiger partial charge < -0.3 is 9.64 Å². The van der Waals surface area contributed by atoms with Crippen LogP contribution in [0.5, 0.6) is 0 Å². The number of nitrogens with one attached hydrogen (secondary N) is 1. The third-order valence-electron chi connectivity index (χ3n) is 4.87.